The van der Waals surface area contributed by atoms with Gasteiger partial charge in [-0.2, -0.15) is 18.4 Å². The van der Waals surface area contributed by atoms with Crippen molar-refractivity contribution in [3.63, 3.8) is 0 Å². The Morgan fingerprint density at radius 3 is 2.64 bits per heavy atom. The lowest BCUT2D eigenvalue weighted by atomic mass is 9.91. The molecule has 0 bridgehead atoms. The molecule has 5 rings (SSSR count). The van der Waals surface area contributed by atoms with Crippen molar-refractivity contribution in [2.75, 3.05) is 24.2 Å². The summed E-state index contributed by atoms with van der Waals surface area (Å²) in [4.78, 5) is 11.3. The second-order valence-electron chi connectivity index (χ2n) is 10.3. The van der Waals surface area contributed by atoms with Crippen molar-refractivity contribution < 1.29 is 17.7 Å². The van der Waals surface area contributed by atoms with Crippen molar-refractivity contribution in [3.05, 3.63) is 35.7 Å². The highest BCUT2D eigenvalue weighted by atomic mass is 31.2. The average Bonchev–Trinajstić information content (AvgIpc) is 3.46. The van der Waals surface area contributed by atoms with Crippen molar-refractivity contribution in [3.8, 4) is 17.3 Å². The second-order valence-corrected chi connectivity index (χ2v) is 13.5. The Labute approximate surface area is 207 Å². The summed E-state index contributed by atoms with van der Waals surface area (Å²) in [5.41, 5.74) is -0.202. The van der Waals surface area contributed by atoms with Crippen LogP contribution in [0.1, 0.15) is 50.7 Å². The molecule has 0 unspecified atom stereocenters. The molecule has 1 aromatic carbocycles. The van der Waals surface area contributed by atoms with Crippen LogP contribution in [0, 0.1) is 11.3 Å². The number of halogens is 3. The fraction of sp³-hybridized carbons (Fsp3) is 0.480. The Morgan fingerprint density at radius 1 is 1.25 bits per heavy atom. The van der Waals surface area contributed by atoms with Crippen molar-refractivity contribution >= 4 is 29.3 Å². The Morgan fingerprint density at radius 2 is 2.00 bits per heavy atom. The van der Waals surface area contributed by atoms with E-state index >= 15 is 0 Å². The van der Waals surface area contributed by atoms with Crippen LogP contribution in [-0.2, 0) is 10.7 Å². The molecule has 0 saturated carbocycles. The van der Waals surface area contributed by atoms with Gasteiger partial charge in [0.05, 0.1) is 28.1 Å². The lowest BCUT2D eigenvalue weighted by Crippen LogP contribution is -2.50. The van der Waals surface area contributed by atoms with Crippen LogP contribution in [0.4, 0.5) is 19.1 Å². The molecule has 4 heterocycles. The number of hydrogen-bond acceptors (Lipinski definition) is 6. The summed E-state index contributed by atoms with van der Waals surface area (Å²) in [7, 11) is -2.82. The number of H-pyrrole nitrogens is 1. The number of hydrogen-bond donors (Lipinski definition) is 3. The highest BCUT2D eigenvalue weighted by molar-refractivity contribution is 7.72. The topological polar surface area (TPSA) is 106 Å². The van der Waals surface area contributed by atoms with Gasteiger partial charge < -0.3 is 20.2 Å². The Kier molecular flexibility index (Phi) is 6.12. The molecule has 11 heteroatoms. The van der Waals surface area contributed by atoms with Gasteiger partial charge in [-0.3, -0.25) is 0 Å². The molecule has 0 spiro atoms. The molecule has 190 valence electrons. The fourth-order valence-corrected chi connectivity index (χ4v) is 8.55. The monoisotopic (exact) mass is 516 g/mol. The number of rotatable bonds is 4. The van der Waals surface area contributed by atoms with E-state index in [1.807, 2.05) is 0 Å². The smallest absolute Gasteiger partial charge is 0.360 e. The maximum absolute atomic E-state index is 14.0. The number of piperidine rings is 1. The Bertz CT molecular complexity index is 1390. The van der Waals surface area contributed by atoms with Crippen LogP contribution in [0.2, 0.25) is 0 Å². The normalized spacial score (nSPS) is 21.4. The van der Waals surface area contributed by atoms with E-state index in [-0.39, 0.29) is 28.8 Å². The van der Waals surface area contributed by atoms with Crippen LogP contribution in [-0.4, -0.2) is 45.4 Å². The molecule has 2 aliphatic rings. The summed E-state index contributed by atoms with van der Waals surface area (Å²) < 4.78 is 55.7. The highest BCUT2D eigenvalue weighted by Crippen LogP contribution is 2.53. The molecule has 1 atom stereocenters. The molecule has 3 aromatic rings. The zero-order valence-corrected chi connectivity index (χ0v) is 21.1. The van der Waals surface area contributed by atoms with Crippen molar-refractivity contribution in [2.24, 2.45) is 0 Å². The maximum atomic E-state index is 14.0. The molecule has 0 radical (unpaired) electrons. The van der Waals surface area contributed by atoms with Crippen LogP contribution in [0.25, 0.3) is 22.2 Å². The zero-order chi connectivity index (χ0) is 25.7. The molecule has 0 aliphatic carbocycles. The molecule has 36 heavy (non-hydrogen) atoms. The van der Waals surface area contributed by atoms with E-state index in [2.05, 4.69) is 45.5 Å². The minimum Gasteiger partial charge on any atom is -0.360 e. The molecular weight excluding hydrogens is 488 g/mol. The van der Waals surface area contributed by atoms with E-state index in [0.29, 0.717) is 40.6 Å². The zero-order valence-electron chi connectivity index (χ0n) is 20.2. The number of aromatic amines is 1. The van der Waals surface area contributed by atoms with Crippen LogP contribution in [0.15, 0.2) is 24.5 Å². The van der Waals surface area contributed by atoms with Gasteiger partial charge in [0.15, 0.2) is 0 Å². The number of nitrogens with zero attached hydrogens (tertiary/aromatic N) is 3. The summed E-state index contributed by atoms with van der Waals surface area (Å²) in [6, 6.07) is 5.27. The minimum atomic E-state index is -4.67. The molecule has 2 aliphatic heterocycles. The van der Waals surface area contributed by atoms with Gasteiger partial charge >= 0.3 is 6.18 Å². The summed E-state index contributed by atoms with van der Waals surface area (Å²) in [6.45, 7) is 4.87. The van der Waals surface area contributed by atoms with Crippen LogP contribution >= 0.6 is 7.14 Å². The lowest BCUT2D eigenvalue weighted by Gasteiger charge is -2.36. The number of benzene rings is 1. The highest BCUT2D eigenvalue weighted by Gasteiger charge is 2.38. The van der Waals surface area contributed by atoms with Gasteiger partial charge in [-0.1, -0.05) is 6.07 Å². The van der Waals surface area contributed by atoms with E-state index < -0.39 is 18.9 Å². The molecule has 3 N–H and O–H groups in total. The van der Waals surface area contributed by atoms with Gasteiger partial charge in [0.2, 0.25) is 5.95 Å². The van der Waals surface area contributed by atoms with Gasteiger partial charge in [0, 0.05) is 53.8 Å². The van der Waals surface area contributed by atoms with E-state index in [0.717, 1.165) is 31.9 Å². The number of aromatic nitrogens is 3. The quantitative estimate of drug-likeness (QED) is 0.410. The van der Waals surface area contributed by atoms with E-state index in [1.165, 1.54) is 6.20 Å². The first kappa shape index (κ1) is 24.8. The summed E-state index contributed by atoms with van der Waals surface area (Å²) in [5, 5.41) is 17.2. The third-order valence-corrected chi connectivity index (χ3v) is 10.6. The first-order valence-corrected chi connectivity index (χ1v) is 14.2. The van der Waals surface area contributed by atoms with Gasteiger partial charge in [0.1, 0.15) is 12.7 Å². The third kappa shape index (κ3) is 4.51. The Hall–Kier alpha value is -2.89. The molecule has 2 aromatic heterocycles. The van der Waals surface area contributed by atoms with Gasteiger partial charge in [-0.05, 0) is 45.6 Å². The SMILES string of the molecule is CC1(C)CC[C@H](Nc2ncc(C(F)(F)F)c(-c3c[nH]c4c(P5(=O)CCCC5)c(C#N)ccc34)n2)CN1. The summed E-state index contributed by atoms with van der Waals surface area (Å²) in [6.07, 6.45) is 1.95. The average molecular weight is 517 g/mol. The third-order valence-electron chi connectivity index (χ3n) is 7.27. The van der Waals surface area contributed by atoms with Crippen LogP contribution in [0.3, 0.4) is 0 Å². The molecular formula is C25H28F3N6OP. The number of anilines is 1. The van der Waals surface area contributed by atoms with Gasteiger partial charge in [-0.15, -0.1) is 0 Å². The Balaban J connectivity index is 1.61. The largest absolute Gasteiger partial charge is 0.419 e. The molecule has 7 nitrogen and oxygen atoms in total. The predicted octanol–water partition coefficient (Wildman–Crippen LogP) is 5.24. The minimum absolute atomic E-state index is 0.00919. The fourth-order valence-electron chi connectivity index (χ4n) is 5.26. The van der Waals surface area contributed by atoms with E-state index in [4.69, 9.17) is 0 Å². The van der Waals surface area contributed by atoms with Crippen molar-refractivity contribution in [1.82, 2.24) is 20.3 Å². The van der Waals surface area contributed by atoms with Gasteiger partial charge in [0.25, 0.3) is 0 Å². The first-order chi connectivity index (χ1) is 17.0. The molecule has 2 fully saturated rings. The number of nitrogens with one attached hydrogen (secondary N) is 3. The van der Waals surface area contributed by atoms with E-state index in [1.54, 1.807) is 12.1 Å². The van der Waals surface area contributed by atoms with Gasteiger partial charge in [-0.25, -0.2) is 9.97 Å². The number of alkyl halides is 3. The number of fused-ring (bicyclic) bond motifs is 1. The predicted molar refractivity (Wildman–Crippen MR) is 134 cm³/mol. The molecule has 2 saturated heterocycles. The second kappa shape index (κ2) is 8.89. The maximum Gasteiger partial charge on any atom is 0.419 e. The van der Waals surface area contributed by atoms with E-state index in [9.17, 15) is 23.0 Å². The van der Waals surface area contributed by atoms with Crippen molar-refractivity contribution in [1.29, 1.82) is 5.26 Å². The standard InChI is InChI=1S/C25H28F3N6OP/c1-24(2)8-7-16(12-32-24)33-23-31-14-19(25(26,27)28)20(34-23)18-13-30-21-17(18)6-5-15(11-29)22(21)36(35)9-3-4-10-36/h5-6,13-14,16,30,32H,3-4,7-10,12H2,1-2H3,(H,31,33,34)/t16-/m0/s1. The summed E-state index contributed by atoms with van der Waals surface area (Å²) >= 11 is 0. The first-order valence-electron chi connectivity index (χ1n) is 12.1. The molecule has 0 amide bonds. The number of nitriles is 1. The lowest BCUT2D eigenvalue weighted by molar-refractivity contribution is -0.137. The summed E-state index contributed by atoms with van der Waals surface area (Å²) in [5.74, 6) is 0.122. The van der Waals surface area contributed by atoms with Crippen LogP contribution < -0.4 is 15.9 Å². The van der Waals surface area contributed by atoms with Crippen molar-refractivity contribution in [2.45, 2.75) is 57.3 Å². The van der Waals surface area contributed by atoms with Crippen LogP contribution in [0.5, 0.6) is 0 Å².